The van der Waals surface area contributed by atoms with Gasteiger partial charge in [-0.1, -0.05) is 0 Å². The number of alkyl halides is 3. The monoisotopic (exact) mass is 281 g/mol. The Balaban J connectivity index is 2.11. The predicted molar refractivity (Wildman–Crippen MR) is 56.5 cm³/mol. The highest BCUT2D eigenvalue weighted by Gasteiger charge is 2.31. The van der Waals surface area contributed by atoms with Crippen LogP contribution in [-0.2, 0) is 10.0 Å². The van der Waals surface area contributed by atoms with E-state index in [1.165, 1.54) is 0 Å². The van der Waals surface area contributed by atoms with E-state index in [0.717, 1.165) is 37.1 Å². The van der Waals surface area contributed by atoms with Crippen molar-refractivity contribution in [3.8, 4) is 5.75 Å². The van der Waals surface area contributed by atoms with Crippen LogP contribution in [-0.4, -0.2) is 20.8 Å². The van der Waals surface area contributed by atoms with Crippen molar-refractivity contribution in [2.24, 2.45) is 0 Å². The van der Waals surface area contributed by atoms with Gasteiger partial charge in [0.15, 0.2) is 0 Å². The third-order valence-corrected chi connectivity index (χ3v) is 3.80. The van der Waals surface area contributed by atoms with E-state index in [1.54, 1.807) is 0 Å². The maximum atomic E-state index is 11.9. The fraction of sp³-hybridized carbons (Fsp3) is 0.400. The summed E-state index contributed by atoms with van der Waals surface area (Å²) in [6, 6.07) is 4.03. The molecular weight excluding hydrogens is 271 g/mol. The Morgan fingerprint density at radius 3 is 2.17 bits per heavy atom. The Morgan fingerprint density at radius 2 is 1.72 bits per heavy atom. The summed E-state index contributed by atoms with van der Waals surface area (Å²) in [5, 5.41) is 0. The van der Waals surface area contributed by atoms with E-state index in [-0.39, 0.29) is 10.9 Å². The highest BCUT2D eigenvalue weighted by atomic mass is 32.2. The molecule has 1 saturated carbocycles. The van der Waals surface area contributed by atoms with E-state index in [9.17, 15) is 21.6 Å². The number of hydrogen-bond donors (Lipinski definition) is 1. The summed E-state index contributed by atoms with van der Waals surface area (Å²) in [6.45, 7) is 0. The maximum Gasteiger partial charge on any atom is 0.573 e. The van der Waals surface area contributed by atoms with Crippen LogP contribution in [0.5, 0.6) is 5.75 Å². The SMILES string of the molecule is O=S(=O)(NC1CC1)c1ccc(OC(F)(F)F)cc1. The fourth-order valence-corrected chi connectivity index (χ4v) is 2.61. The lowest BCUT2D eigenvalue weighted by molar-refractivity contribution is -0.274. The second-order valence-corrected chi connectivity index (χ2v) is 5.63. The number of halogens is 3. The van der Waals surface area contributed by atoms with Gasteiger partial charge in [-0.25, -0.2) is 13.1 Å². The minimum absolute atomic E-state index is 0.0545. The average molecular weight is 281 g/mol. The van der Waals surface area contributed by atoms with Crippen molar-refractivity contribution in [2.45, 2.75) is 30.1 Å². The Labute approximate surface area is 102 Å². The quantitative estimate of drug-likeness (QED) is 0.918. The second-order valence-electron chi connectivity index (χ2n) is 3.91. The molecule has 0 bridgehead atoms. The summed E-state index contributed by atoms with van der Waals surface area (Å²) in [4.78, 5) is -0.0797. The van der Waals surface area contributed by atoms with E-state index in [1.807, 2.05) is 0 Å². The maximum absolute atomic E-state index is 11.9. The molecule has 0 radical (unpaired) electrons. The molecule has 1 aliphatic rings. The molecule has 1 aliphatic carbocycles. The molecule has 2 rings (SSSR count). The molecule has 8 heteroatoms. The predicted octanol–water partition coefficient (Wildman–Crippen LogP) is 2.03. The normalized spacial score (nSPS) is 16.6. The third kappa shape index (κ3) is 3.61. The molecule has 100 valence electrons. The van der Waals surface area contributed by atoms with Gasteiger partial charge in [0, 0.05) is 6.04 Å². The molecule has 0 spiro atoms. The zero-order valence-corrected chi connectivity index (χ0v) is 9.88. The first-order chi connectivity index (χ1) is 8.26. The van der Waals surface area contributed by atoms with Crippen molar-refractivity contribution in [1.29, 1.82) is 0 Å². The molecule has 0 unspecified atom stereocenters. The van der Waals surface area contributed by atoms with Gasteiger partial charge >= 0.3 is 6.36 Å². The highest BCUT2D eigenvalue weighted by Crippen LogP contribution is 2.25. The summed E-state index contributed by atoms with van der Waals surface area (Å²) in [5.41, 5.74) is 0. The zero-order valence-electron chi connectivity index (χ0n) is 9.07. The highest BCUT2D eigenvalue weighted by molar-refractivity contribution is 7.89. The molecule has 0 aliphatic heterocycles. The van der Waals surface area contributed by atoms with Crippen LogP contribution in [0.25, 0.3) is 0 Å². The Hall–Kier alpha value is -1.28. The molecule has 1 aromatic rings. The van der Waals surface area contributed by atoms with E-state index < -0.39 is 22.1 Å². The number of benzene rings is 1. The molecule has 18 heavy (non-hydrogen) atoms. The van der Waals surface area contributed by atoms with Crippen molar-refractivity contribution >= 4 is 10.0 Å². The van der Waals surface area contributed by atoms with E-state index in [0.29, 0.717) is 0 Å². The largest absolute Gasteiger partial charge is 0.573 e. The van der Waals surface area contributed by atoms with Gasteiger partial charge in [0.1, 0.15) is 5.75 Å². The molecule has 0 saturated heterocycles. The molecule has 1 N–H and O–H groups in total. The van der Waals surface area contributed by atoms with Crippen LogP contribution in [0.4, 0.5) is 13.2 Å². The van der Waals surface area contributed by atoms with Gasteiger partial charge in [-0.3, -0.25) is 0 Å². The summed E-state index contributed by atoms with van der Waals surface area (Å²) < 4.78 is 65.2. The van der Waals surface area contributed by atoms with Crippen LogP contribution in [0, 0.1) is 0 Å². The van der Waals surface area contributed by atoms with Crippen molar-refractivity contribution in [3.63, 3.8) is 0 Å². The minimum atomic E-state index is -4.79. The molecule has 1 aromatic carbocycles. The Kier molecular flexibility index (Phi) is 3.24. The molecule has 4 nitrogen and oxygen atoms in total. The molecular formula is C10H10F3NO3S. The van der Waals surface area contributed by atoms with Crippen LogP contribution in [0.1, 0.15) is 12.8 Å². The van der Waals surface area contributed by atoms with Gasteiger partial charge in [-0.05, 0) is 37.1 Å². The van der Waals surface area contributed by atoms with Crippen LogP contribution in [0.2, 0.25) is 0 Å². The van der Waals surface area contributed by atoms with Gasteiger partial charge in [-0.15, -0.1) is 13.2 Å². The first-order valence-corrected chi connectivity index (χ1v) is 6.63. The smallest absolute Gasteiger partial charge is 0.406 e. The van der Waals surface area contributed by atoms with Gasteiger partial charge in [0.25, 0.3) is 0 Å². The first-order valence-electron chi connectivity index (χ1n) is 5.14. The molecule has 0 atom stereocenters. The van der Waals surface area contributed by atoms with Crippen molar-refractivity contribution in [3.05, 3.63) is 24.3 Å². The second kappa shape index (κ2) is 4.43. The summed E-state index contributed by atoms with van der Waals surface area (Å²) in [7, 11) is -3.64. The van der Waals surface area contributed by atoms with Gasteiger partial charge < -0.3 is 4.74 Å². The van der Waals surface area contributed by atoms with Crippen LogP contribution in [0.3, 0.4) is 0 Å². The summed E-state index contributed by atoms with van der Waals surface area (Å²) in [6.07, 6.45) is -3.21. The van der Waals surface area contributed by atoms with Crippen LogP contribution < -0.4 is 9.46 Å². The number of rotatable bonds is 4. The average Bonchev–Trinajstić information content (AvgIpc) is 2.99. The lowest BCUT2D eigenvalue weighted by Gasteiger charge is -2.09. The van der Waals surface area contributed by atoms with E-state index in [2.05, 4.69) is 9.46 Å². The zero-order chi connectivity index (χ0) is 13.4. The lowest BCUT2D eigenvalue weighted by Crippen LogP contribution is -2.25. The summed E-state index contributed by atoms with van der Waals surface area (Å²) in [5.74, 6) is -0.451. The first kappa shape index (κ1) is 13.2. The lowest BCUT2D eigenvalue weighted by atomic mass is 10.3. The molecule has 0 amide bonds. The number of hydrogen-bond acceptors (Lipinski definition) is 3. The van der Waals surface area contributed by atoms with Crippen molar-refractivity contribution in [1.82, 2.24) is 4.72 Å². The Bertz CT molecular complexity index is 520. The summed E-state index contributed by atoms with van der Waals surface area (Å²) >= 11 is 0. The van der Waals surface area contributed by atoms with E-state index in [4.69, 9.17) is 0 Å². The molecule has 1 fully saturated rings. The van der Waals surface area contributed by atoms with Crippen molar-refractivity contribution < 1.29 is 26.3 Å². The van der Waals surface area contributed by atoms with Crippen LogP contribution in [0.15, 0.2) is 29.2 Å². The van der Waals surface area contributed by atoms with Gasteiger partial charge in [0.2, 0.25) is 10.0 Å². The van der Waals surface area contributed by atoms with Gasteiger partial charge in [0.05, 0.1) is 4.90 Å². The molecule has 0 aromatic heterocycles. The third-order valence-electron chi connectivity index (χ3n) is 2.27. The number of sulfonamides is 1. The van der Waals surface area contributed by atoms with Crippen molar-refractivity contribution in [2.75, 3.05) is 0 Å². The minimum Gasteiger partial charge on any atom is -0.406 e. The fourth-order valence-electron chi connectivity index (χ4n) is 1.31. The standard InChI is InChI=1S/C10H10F3NO3S/c11-10(12,13)17-8-3-5-9(6-4-8)18(15,16)14-7-1-2-7/h3-7,14H,1-2H2. The van der Waals surface area contributed by atoms with Gasteiger partial charge in [-0.2, -0.15) is 0 Å². The molecule has 0 heterocycles. The number of nitrogens with one attached hydrogen (secondary N) is 1. The Morgan fingerprint density at radius 1 is 1.17 bits per heavy atom. The topological polar surface area (TPSA) is 55.4 Å². The number of ether oxygens (including phenoxy) is 1. The van der Waals surface area contributed by atoms with E-state index >= 15 is 0 Å². The van der Waals surface area contributed by atoms with Crippen LogP contribution >= 0.6 is 0 Å².